The average molecular weight is 408 g/mol. The van der Waals surface area contributed by atoms with E-state index in [1.165, 1.54) is 34.4 Å². The molecule has 1 aromatic heterocycles. The number of hydrogen-bond donors (Lipinski definition) is 1. The van der Waals surface area contributed by atoms with Crippen LogP contribution in [0.2, 0.25) is 0 Å². The number of anilines is 1. The molecular formula is C22H31F2N3S. The van der Waals surface area contributed by atoms with Gasteiger partial charge >= 0.3 is 0 Å². The Morgan fingerprint density at radius 2 is 1.93 bits per heavy atom. The predicted molar refractivity (Wildman–Crippen MR) is 113 cm³/mol. The van der Waals surface area contributed by atoms with Gasteiger partial charge in [-0.3, -0.25) is 4.90 Å². The van der Waals surface area contributed by atoms with E-state index in [4.69, 9.17) is 5.73 Å². The molecule has 1 aliphatic rings. The lowest BCUT2D eigenvalue weighted by Crippen LogP contribution is -2.33. The molecule has 3 rings (SSSR count). The van der Waals surface area contributed by atoms with Crippen LogP contribution in [-0.2, 0) is 25.3 Å². The monoisotopic (exact) mass is 407 g/mol. The molecule has 0 unspecified atom stereocenters. The van der Waals surface area contributed by atoms with Gasteiger partial charge in [0.25, 0.3) is 5.92 Å². The number of aromatic nitrogens is 1. The Morgan fingerprint density at radius 1 is 1.21 bits per heavy atom. The number of nitrogens with zero attached hydrogens (tertiary/aromatic N) is 2. The number of benzene rings is 1. The summed E-state index contributed by atoms with van der Waals surface area (Å²) in [6, 6.07) is 6.99. The number of nitrogen functional groups attached to an aromatic ring is 1. The maximum atomic E-state index is 13.8. The maximum absolute atomic E-state index is 13.8. The normalized spacial score (nSPS) is 16.6. The van der Waals surface area contributed by atoms with Crippen molar-refractivity contribution in [1.29, 1.82) is 0 Å². The van der Waals surface area contributed by atoms with Crippen LogP contribution in [-0.4, -0.2) is 23.0 Å². The van der Waals surface area contributed by atoms with E-state index in [0.29, 0.717) is 17.3 Å². The van der Waals surface area contributed by atoms with E-state index in [1.54, 1.807) is 0 Å². The third-order valence-electron chi connectivity index (χ3n) is 5.69. The Hall–Kier alpha value is -1.53. The Kier molecular flexibility index (Phi) is 6.71. The summed E-state index contributed by atoms with van der Waals surface area (Å²) in [5, 5.41) is 0.223. The lowest BCUT2D eigenvalue weighted by atomic mass is 9.86. The van der Waals surface area contributed by atoms with Crippen molar-refractivity contribution in [2.75, 3.05) is 18.8 Å². The molecular weight excluding hydrogens is 376 g/mol. The number of likely N-dealkylation sites (tertiary alicyclic amines) is 1. The molecule has 1 aromatic carbocycles. The Balaban J connectivity index is 1.64. The molecule has 1 fully saturated rings. The topological polar surface area (TPSA) is 42.1 Å². The fourth-order valence-corrected chi connectivity index (χ4v) is 5.15. The molecule has 1 saturated heterocycles. The Labute approximate surface area is 171 Å². The number of thiazole rings is 1. The van der Waals surface area contributed by atoms with Crippen molar-refractivity contribution in [2.45, 2.75) is 71.3 Å². The predicted octanol–water partition coefficient (Wildman–Crippen LogP) is 5.73. The van der Waals surface area contributed by atoms with Crippen LogP contribution >= 0.6 is 11.3 Å². The minimum Gasteiger partial charge on any atom is -0.375 e. The van der Waals surface area contributed by atoms with Crippen molar-refractivity contribution in [3.63, 3.8) is 0 Å². The average Bonchev–Trinajstić information content (AvgIpc) is 3.03. The molecule has 0 atom stereocenters. The number of piperidine rings is 1. The van der Waals surface area contributed by atoms with Gasteiger partial charge in [0.2, 0.25) is 0 Å². The summed E-state index contributed by atoms with van der Waals surface area (Å²) in [7, 11) is 0. The van der Waals surface area contributed by atoms with Gasteiger partial charge < -0.3 is 5.73 Å². The highest BCUT2D eigenvalue weighted by atomic mass is 32.1. The van der Waals surface area contributed by atoms with E-state index < -0.39 is 5.92 Å². The molecule has 3 nitrogen and oxygen atoms in total. The van der Waals surface area contributed by atoms with Crippen LogP contribution in [0.15, 0.2) is 18.2 Å². The summed E-state index contributed by atoms with van der Waals surface area (Å²) in [5.41, 5.74) is 9.91. The van der Waals surface area contributed by atoms with Crippen LogP contribution in [0.1, 0.15) is 73.2 Å². The van der Waals surface area contributed by atoms with Gasteiger partial charge in [-0.25, -0.2) is 4.98 Å². The van der Waals surface area contributed by atoms with Crippen LogP contribution in [0.4, 0.5) is 13.9 Å². The first-order valence-electron chi connectivity index (χ1n) is 10.3. The van der Waals surface area contributed by atoms with E-state index in [0.717, 1.165) is 45.7 Å². The highest BCUT2D eigenvalue weighted by Crippen LogP contribution is 2.36. The summed E-state index contributed by atoms with van der Waals surface area (Å²) in [6.07, 6.45) is 5.50. The summed E-state index contributed by atoms with van der Waals surface area (Å²) in [5.74, 6) is -2.39. The zero-order valence-electron chi connectivity index (χ0n) is 17.1. The van der Waals surface area contributed by atoms with Crippen molar-refractivity contribution >= 4 is 16.5 Å². The SMILES string of the molecule is CCCc1ccc(C2CCN(Cc3sc(N)nc3C(C)(F)F)CC2)cc1CC. The van der Waals surface area contributed by atoms with Crippen LogP contribution < -0.4 is 5.73 Å². The number of halogens is 2. The first-order chi connectivity index (χ1) is 13.3. The quantitative estimate of drug-likeness (QED) is 0.637. The van der Waals surface area contributed by atoms with Crippen molar-refractivity contribution in [3.8, 4) is 0 Å². The highest BCUT2D eigenvalue weighted by molar-refractivity contribution is 7.15. The minimum atomic E-state index is -2.95. The molecule has 0 amide bonds. The molecule has 28 heavy (non-hydrogen) atoms. The third kappa shape index (κ3) is 4.90. The summed E-state index contributed by atoms with van der Waals surface area (Å²) in [4.78, 5) is 6.72. The summed E-state index contributed by atoms with van der Waals surface area (Å²) >= 11 is 1.19. The molecule has 0 radical (unpaired) electrons. The molecule has 0 aliphatic carbocycles. The van der Waals surface area contributed by atoms with E-state index in [-0.39, 0.29) is 10.8 Å². The number of alkyl halides is 2. The van der Waals surface area contributed by atoms with Crippen LogP contribution in [0, 0.1) is 0 Å². The summed E-state index contributed by atoms with van der Waals surface area (Å²) < 4.78 is 27.6. The number of rotatable bonds is 7. The molecule has 6 heteroatoms. The summed E-state index contributed by atoms with van der Waals surface area (Å²) in [6.45, 7) is 7.67. The van der Waals surface area contributed by atoms with Crippen LogP contribution in [0.5, 0.6) is 0 Å². The highest BCUT2D eigenvalue weighted by Gasteiger charge is 2.33. The number of aryl methyl sites for hydroxylation is 2. The van der Waals surface area contributed by atoms with Gasteiger partial charge in [0.1, 0.15) is 5.69 Å². The van der Waals surface area contributed by atoms with E-state index in [9.17, 15) is 8.78 Å². The van der Waals surface area contributed by atoms with Gasteiger partial charge in [0, 0.05) is 18.3 Å². The second-order valence-corrected chi connectivity index (χ2v) is 9.01. The Bertz CT molecular complexity index is 790. The minimum absolute atomic E-state index is 0.156. The van der Waals surface area contributed by atoms with E-state index in [2.05, 4.69) is 41.9 Å². The van der Waals surface area contributed by atoms with Gasteiger partial charge in [-0.1, -0.05) is 38.5 Å². The lowest BCUT2D eigenvalue weighted by Gasteiger charge is -2.32. The van der Waals surface area contributed by atoms with Gasteiger partial charge in [0.05, 0.1) is 0 Å². The van der Waals surface area contributed by atoms with Crippen molar-refractivity contribution in [3.05, 3.63) is 45.5 Å². The van der Waals surface area contributed by atoms with Gasteiger partial charge in [-0.05, 0) is 61.4 Å². The van der Waals surface area contributed by atoms with E-state index in [1.807, 2.05) is 0 Å². The van der Waals surface area contributed by atoms with Crippen LogP contribution in [0.3, 0.4) is 0 Å². The molecule has 0 bridgehead atoms. The first kappa shape index (κ1) is 21.2. The number of hydrogen-bond acceptors (Lipinski definition) is 4. The zero-order chi connectivity index (χ0) is 20.3. The van der Waals surface area contributed by atoms with E-state index >= 15 is 0 Å². The second-order valence-electron chi connectivity index (χ2n) is 7.89. The fraction of sp³-hybridized carbons (Fsp3) is 0.591. The maximum Gasteiger partial charge on any atom is 0.288 e. The van der Waals surface area contributed by atoms with Crippen molar-refractivity contribution in [1.82, 2.24) is 9.88 Å². The molecule has 154 valence electrons. The molecule has 2 N–H and O–H groups in total. The molecule has 0 saturated carbocycles. The fourth-order valence-electron chi connectivity index (χ4n) is 4.19. The van der Waals surface area contributed by atoms with Gasteiger partial charge in [-0.2, -0.15) is 8.78 Å². The largest absolute Gasteiger partial charge is 0.375 e. The zero-order valence-corrected chi connectivity index (χ0v) is 17.9. The molecule has 2 heterocycles. The molecule has 1 aliphatic heterocycles. The number of nitrogens with two attached hydrogens (primary N) is 1. The van der Waals surface area contributed by atoms with Gasteiger partial charge in [-0.15, -0.1) is 11.3 Å². The Morgan fingerprint density at radius 3 is 2.54 bits per heavy atom. The lowest BCUT2D eigenvalue weighted by molar-refractivity contribution is 0.0118. The molecule has 2 aromatic rings. The van der Waals surface area contributed by atoms with Crippen molar-refractivity contribution < 1.29 is 8.78 Å². The third-order valence-corrected chi connectivity index (χ3v) is 6.56. The second kappa shape index (κ2) is 8.87. The standard InChI is InChI=1S/C22H31F2N3S/c1-4-6-16-7-8-18(13-15(16)5-2)17-9-11-27(12-10-17)14-19-20(22(3,23)24)26-21(25)28-19/h7-8,13,17H,4-6,9-12,14H2,1-3H3,(H2,25,26). The van der Waals surface area contributed by atoms with Crippen molar-refractivity contribution in [2.24, 2.45) is 0 Å². The molecule has 0 spiro atoms. The smallest absolute Gasteiger partial charge is 0.288 e. The van der Waals surface area contributed by atoms with Gasteiger partial charge in [0.15, 0.2) is 5.13 Å². The first-order valence-corrected chi connectivity index (χ1v) is 11.1. The van der Waals surface area contributed by atoms with Crippen LogP contribution in [0.25, 0.3) is 0 Å².